The maximum atomic E-state index is 9.02. The minimum Gasteiger partial charge on any atom is -0.392 e. The van der Waals surface area contributed by atoms with Crippen LogP contribution < -0.4 is 5.32 Å². The molecule has 2 heteroatoms. The molecule has 1 unspecified atom stereocenters. The van der Waals surface area contributed by atoms with E-state index in [0.29, 0.717) is 6.04 Å². The molecule has 0 aliphatic rings. The molecule has 106 valence electrons. The minimum absolute atomic E-state index is 0.100. The van der Waals surface area contributed by atoms with Crippen molar-refractivity contribution in [2.45, 2.75) is 39.3 Å². The summed E-state index contributed by atoms with van der Waals surface area (Å²) < 4.78 is 0. The number of aliphatic hydroxyl groups is 1. The Morgan fingerprint density at radius 3 is 2.45 bits per heavy atom. The van der Waals surface area contributed by atoms with Crippen molar-refractivity contribution < 1.29 is 5.11 Å². The molecule has 0 fully saturated rings. The van der Waals surface area contributed by atoms with Gasteiger partial charge in [0.05, 0.1) is 6.61 Å². The minimum atomic E-state index is 0.100. The fourth-order valence-corrected chi connectivity index (χ4v) is 2.31. The van der Waals surface area contributed by atoms with E-state index in [0.717, 1.165) is 24.1 Å². The van der Waals surface area contributed by atoms with E-state index in [1.54, 1.807) is 0 Å². The molecule has 2 aromatic carbocycles. The molecule has 2 nitrogen and oxygen atoms in total. The van der Waals surface area contributed by atoms with Crippen LogP contribution in [-0.4, -0.2) is 11.1 Å². The molecule has 0 saturated heterocycles. The summed E-state index contributed by atoms with van der Waals surface area (Å²) in [4.78, 5) is 0. The van der Waals surface area contributed by atoms with Crippen LogP contribution in [-0.2, 0) is 13.0 Å². The van der Waals surface area contributed by atoms with Gasteiger partial charge in [-0.05, 0) is 49.9 Å². The maximum absolute atomic E-state index is 9.02. The average molecular weight is 269 g/mol. The Morgan fingerprint density at radius 2 is 1.80 bits per heavy atom. The Hall–Kier alpha value is -1.80. The summed E-state index contributed by atoms with van der Waals surface area (Å²) in [7, 11) is 0. The molecule has 0 aliphatic carbocycles. The van der Waals surface area contributed by atoms with Crippen LogP contribution in [0, 0.1) is 6.92 Å². The van der Waals surface area contributed by atoms with E-state index in [1.165, 1.54) is 11.1 Å². The molecule has 1 atom stereocenters. The van der Waals surface area contributed by atoms with Gasteiger partial charge in [0.15, 0.2) is 0 Å². The monoisotopic (exact) mass is 269 g/mol. The molecule has 2 N–H and O–H groups in total. The van der Waals surface area contributed by atoms with Crippen molar-refractivity contribution in [3.05, 3.63) is 65.2 Å². The van der Waals surface area contributed by atoms with E-state index in [1.807, 2.05) is 24.3 Å². The van der Waals surface area contributed by atoms with Crippen molar-refractivity contribution in [1.82, 2.24) is 0 Å². The third kappa shape index (κ3) is 4.39. The highest BCUT2D eigenvalue weighted by molar-refractivity contribution is 5.45. The Kier molecular flexibility index (Phi) is 5.19. The molecule has 0 aromatic heterocycles. The number of benzene rings is 2. The van der Waals surface area contributed by atoms with Crippen molar-refractivity contribution in [2.75, 3.05) is 5.32 Å². The van der Waals surface area contributed by atoms with Gasteiger partial charge in [0.2, 0.25) is 0 Å². The van der Waals surface area contributed by atoms with Crippen molar-refractivity contribution in [3.63, 3.8) is 0 Å². The van der Waals surface area contributed by atoms with Crippen LogP contribution >= 0.6 is 0 Å². The van der Waals surface area contributed by atoms with Gasteiger partial charge >= 0.3 is 0 Å². The largest absolute Gasteiger partial charge is 0.392 e. The second-order valence-corrected chi connectivity index (χ2v) is 5.43. The highest BCUT2D eigenvalue weighted by Gasteiger charge is 2.03. The molecule has 2 rings (SSSR count). The van der Waals surface area contributed by atoms with Crippen LogP contribution in [0.15, 0.2) is 48.5 Å². The molecule has 0 saturated carbocycles. The Bertz CT molecular complexity index is 533. The number of rotatable bonds is 6. The topological polar surface area (TPSA) is 32.3 Å². The fraction of sp³-hybridized carbons (Fsp3) is 0.333. The summed E-state index contributed by atoms with van der Waals surface area (Å²) in [5, 5.41) is 12.5. The highest BCUT2D eigenvalue weighted by atomic mass is 16.3. The fourth-order valence-electron chi connectivity index (χ4n) is 2.31. The summed E-state index contributed by atoms with van der Waals surface area (Å²) in [6.45, 7) is 4.44. The quantitative estimate of drug-likeness (QED) is 0.833. The maximum Gasteiger partial charge on any atom is 0.0681 e. The van der Waals surface area contributed by atoms with Gasteiger partial charge in [0, 0.05) is 11.7 Å². The molecule has 2 aromatic rings. The lowest BCUT2D eigenvalue weighted by molar-refractivity contribution is 0.282. The molecular formula is C18H23NO. The van der Waals surface area contributed by atoms with Crippen molar-refractivity contribution >= 4 is 5.69 Å². The Balaban J connectivity index is 1.84. The van der Waals surface area contributed by atoms with Crippen molar-refractivity contribution in [2.24, 2.45) is 0 Å². The van der Waals surface area contributed by atoms with Crippen LogP contribution in [0.3, 0.4) is 0 Å². The average Bonchev–Trinajstić information content (AvgIpc) is 2.46. The van der Waals surface area contributed by atoms with Gasteiger partial charge in [0.1, 0.15) is 0 Å². The third-order valence-electron chi connectivity index (χ3n) is 3.50. The lowest BCUT2D eigenvalue weighted by Gasteiger charge is -2.15. The molecule has 0 heterocycles. The van der Waals surface area contributed by atoms with Gasteiger partial charge in [0.25, 0.3) is 0 Å². The van der Waals surface area contributed by atoms with Gasteiger partial charge in [-0.1, -0.05) is 42.0 Å². The zero-order chi connectivity index (χ0) is 14.4. The third-order valence-corrected chi connectivity index (χ3v) is 3.50. The number of aliphatic hydroxyl groups excluding tert-OH is 1. The highest BCUT2D eigenvalue weighted by Crippen LogP contribution is 2.14. The molecule has 0 bridgehead atoms. The summed E-state index contributed by atoms with van der Waals surface area (Å²) in [5.74, 6) is 0. The van der Waals surface area contributed by atoms with Crippen molar-refractivity contribution in [3.8, 4) is 0 Å². The lowest BCUT2D eigenvalue weighted by atomic mass is 10.0. The van der Waals surface area contributed by atoms with Crippen LogP contribution in [0.2, 0.25) is 0 Å². The summed E-state index contributed by atoms with van der Waals surface area (Å²) in [6, 6.07) is 17.1. The summed E-state index contributed by atoms with van der Waals surface area (Å²) in [6.07, 6.45) is 2.19. The van der Waals surface area contributed by atoms with Crippen LogP contribution in [0.5, 0.6) is 0 Å². The van der Waals surface area contributed by atoms with E-state index in [9.17, 15) is 0 Å². The lowest BCUT2D eigenvalue weighted by Crippen LogP contribution is -2.15. The van der Waals surface area contributed by atoms with Crippen LogP contribution in [0.1, 0.15) is 30.0 Å². The van der Waals surface area contributed by atoms with E-state index >= 15 is 0 Å². The zero-order valence-corrected chi connectivity index (χ0v) is 12.3. The van der Waals surface area contributed by atoms with Crippen molar-refractivity contribution in [1.29, 1.82) is 0 Å². The van der Waals surface area contributed by atoms with Crippen LogP contribution in [0.4, 0.5) is 5.69 Å². The molecule has 0 spiro atoms. The number of aryl methyl sites for hydroxylation is 2. The molecule has 0 amide bonds. The van der Waals surface area contributed by atoms with Gasteiger partial charge in [-0.2, -0.15) is 0 Å². The molecule has 0 radical (unpaired) electrons. The smallest absolute Gasteiger partial charge is 0.0681 e. The van der Waals surface area contributed by atoms with E-state index in [2.05, 4.69) is 43.4 Å². The van der Waals surface area contributed by atoms with Gasteiger partial charge < -0.3 is 10.4 Å². The van der Waals surface area contributed by atoms with Gasteiger partial charge in [-0.15, -0.1) is 0 Å². The predicted molar refractivity (Wildman–Crippen MR) is 84.9 cm³/mol. The SMILES string of the molecule is Cc1cccc(CCC(C)Nc2ccc(CO)cc2)c1. The first-order valence-corrected chi connectivity index (χ1v) is 7.19. The van der Waals surface area contributed by atoms with E-state index in [-0.39, 0.29) is 6.61 Å². The number of nitrogens with one attached hydrogen (secondary N) is 1. The zero-order valence-electron chi connectivity index (χ0n) is 12.3. The number of anilines is 1. The summed E-state index contributed by atoms with van der Waals surface area (Å²) >= 11 is 0. The second kappa shape index (κ2) is 7.11. The van der Waals surface area contributed by atoms with E-state index in [4.69, 9.17) is 5.11 Å². The normalized spacial score (nSPS) is 12.2. The predicted octanol–water partition coefficient (Wildman–Crippen LogP) is 3.92. The number of hydrogen-bond donors (Lipinski definition) is 2. The van der Waals surface area contributed by atoms with Crippen LogP contribution in [0.25, 0.3) is 0 Å². The first-order chi connectivity index (χ1) is 9.67. The summed E-state index contributed by atoms with van der Waals surface area (Å²) in [5.41, 5.74) is 4.78. The van der Waals surface area contributed by atoms with Gasteiger partial charge in [-0.25, -0.2) is 0 Å². The second-order valence-electron chi connectivity index (χ2n) is 5.43. The standard InChI is InChI=1S/C18H23NO/c1-14-4-3-5-16(12-14)7-6-15(2)19-18-10-8-17(13-20)9-11-18/h3-5,8-12,15,19-20H,6-7,13H2,1-2H3. The molecule has 0 aliphatic heterocycles. The van der Waals surface area contributed by atoms with Gasteiger partial charge in [-0.3, -0.25) is 0 Å². The first-order valence-electron chi connectivity index (χ1n) is 7.19. The first kappa shape index (κ1) is 14.6. The van der Waals surface area contributed by atoms with E-state index < -0.39 is 0 Å². The molecular weight excluding hydrogens is 246 g/mol. The Morgan fingerprint density at radius 1 is 1.05 bits per heavy atom. The number of hydrogen-bond acceptors (Lipinski definition) is 2. The Labute approximate surface area is 121 Å². The molecule has 20 heavy (non-hydrogen) atoms.